The van der Waals surface area contributed by atoms with Crippen LogP contribution in [0, 0.1) is 0 Å². The number of carbonyl (C=O) groups is 1. The fraction of sp³-hybridized carbons (Fsp3) is 0.417. The van der Waals surface area contributed by atoms with E-state index in [4.69, 9.17) is 0 Å². The number of likely N-dealkylation sites (tertiary alicyclic amines) is 1. The van der Waals surface area contributed by atoms with E-state index in [0.29, 0.717) is 13.0 Å². The van der Waals surface area contributed by atoms with Crippen LogP contribution in [-0.4, -0.2) is 32.8 Å². The lowest BCUT2D eigenvalue weighted by molar-refractivity contribution is -0.128. The Kier molecular flexibility index (Phi) is 3.68. The van der Waals surface area contributed by atoms with Crippen molar-refractivity contribution in [1.29, 1.82) is 0 Å². The Hall–Kier alpha value is -1.40. The highest BCUT2D eigenvalue weighted by Gasteiger charge is 2.20. The van der Waals surface area contributed by atoms with Crippen molar-refractivity contribution in [3.63, 3.8) is 0 Å². The fourth-order valence-electron chi connectivity index (χ4n) is 1.98. The molecule has 1 aromatic carbocycles. The van der Waals surface area contributed by atoms with E-state index in [1.165, 1.54) is 7.05 Å². The second-order valence-corrected chi connectivity index (χ2v) is 6.16. The fourth-order valence-corrected chi connectivity index (χ4v) is 2.71. The van der Waals surface area contributed by atoms with E-state index in [0.717, 1.165) is 18.5 Å². The average Bonchev–Trinajstić information content (AvgIpc) is 2.76. The monoisotopic (exact) mass is 268 g/mol. The Bertz CT molecular complexity index is 537. The molecule has 2 rings (SSSR count). The minimum Gasteiger partial charge on any atom is -0.338 e. The minimum atomic E-state index is -3.38. The standard InChI is InChI=1S/C12H16N2O3S/c1-13-18(16,17)11-6-4-10(5-7-11)9-14-8-2-3-12(14)15/h4-7,13H,2-3,8-9H2,1H3. The number of hydrogen-bond acceptors (Lipinski definition) is 3. The van der Waals surface area contributed by atoms with Gasteiger partial charge in [0, 0.05) is 19.5 Å². The summed E-state index contributed by atoms with van der Waals surface area (Å²) >= 11 is 0. The van der Waals surface area contributed by atoms with Crippen LogP contribution in [-0.2, 0) is 21.4 Å². The predicted molar refractivity (Wildman–Crippen MR) is 67.3 cm³/mol. The Morgan fingerprint density at radius 1 is 1.28 bits per heavy atom. The van der Waals surface area contributed by atoms with Crippen LogP contribution in [0.5, 0.6) is 0 Å². The third-order valence-electron chi connectivity index (χ3n) is 3.05. The second kappa shape index (κ2) is 5.07. The highest BCUT2D eigenvalue weighted by atomic mass is 32.2. The second-order valence-electron chi connectivity index (χ2n) is 4.27. The molecule has 1 saturated heterocycles. The van der Waals surface area contributed by atoms with Gasteiger partial charge >= 0.3 is 0 Å². The Morgan fingerprint density at radius 3 is 2.44 bits per heavy atom. The van der Waals surface area contributed by atoms with Gasteiger partial charge in [-0.1, -0.05) is 12.1 Å². The Labute approximate surface area is 107 Å². The van der Waals surface area contributed by atoms with Crippen LogP contribution in [0.3, 0.4) is 0 Å². The van der Waals surface area contributed by atoms with Crippen molar-refractivity contribution < 1.29 is 13.2 Å². The van der Waals surface area contributed by atoms with Gasteiger partial charge in [-0.25, -0.2) is 13.1 Å². The van der Waals surface area contributed by atoms with Crippen molar-refractivity contribution in [2.75, 3.05) is 13.6 Å². The number of rotatable bonds is 4. The van der Waals surface area contributed by atoms with Crippen LogP contribution in [0.2, 0.25) is 0 Å². The van der Waals surface area contributed by atoms with E-state index in [9.17, 15) is 13.2 Å². The first-order valence-electron chi connectivity index (χ1n) is 5.83. The molecule has 1 aliphatic rings. The maximum atomic E-state index is 11.5. The van der Waals surface area contributed by atoms with Crippen LogP contribution < -0.4 is 4.72 Å². The molecule has 0 radical (unpaired) electrons. The zero-order valence-corrected chi connectivity index (χ0v) is 11.0. The van der Waals surface area contributed by atoms with Crippen molar-refractivity contribution in [2.45, 2.75) is 24.3 Å². The van der Waals surface area contributed by atoms with Crippen molar-refractivity contribution in [3.05, 3.63) is 29.8 Å². The zero-order valence-electron chi connectivity index (χ0n) is 10.2. The summed E-state index contributed by atoms with van der Waals surface area (Å²) in [6.45, 7) is 1.34. The van der Waals surface area contributed by atoms with Gasteiger partial charge in [-0.15, -0.1) is 0 Å². The highest BCUT2D eigenvalue weighted by Crippen LogP contribution is 2.16. The molecule has 1 N–H and O–H groups in total. The molecule has 0 atom stereocenters. The summed E-state index contributed by atoms with van der Waals surface area (Å²) in [7, 11) is -2.00. The van der Waals surface area contributed by atoms with E-state index in [2.05, 4.69) is 4.72 Å². The predicted octanol–water partition coefficient (Wildman–Crippen LogP) is 0.717. The lowest BCUT2D eigenvalue weighted by atomic mass is 10.2. The first-order valence-corrected chi connectivity index (χ1v) is 7.31. The quantitative estimate of drug-likeness (QED) is 0.875. The molecule has 1 heterocycles. The first-order chi connectivity index (χ1) is 8.53. The third kappa shape index (κ3) is 2.70. The van der Waals surface area contributed by atoms with Crippen molar-refractivity contribution in [1.82, 2.24) is 9.62 Å². The van der Waals surface area contributed by atoms with E-state index in [1.807, 2.05) is 0 Å². The smallest absolute Gasteiger partial charge is 0.240 e. The molecular weight excluding hydrogens is 252 g/mol. The number of sulfonamides is 1. The number of benzene rings is 1. The summed E-state index contributed by atoms with van der Waals surface area (Å²) < 4.78 is 25.3. The van der Waals surface area contributed by atoms with Gasteiger partial charge in [0.05, 0.1) is 4.90 Å². The summed E-state index contributed by atoms with van der Waals surface area (Å²) in [4.78, 5) is 13.5. The number of amides is 1. The van der Waals surface area contributed by atoms with Crippen LogP contribution in [0.15, 0.2) is 29.2 Å². The van der Waals surface area contributed by atoms with E-state index < -0.39 is 10.0 Å². The van der Waals surface area contributed by atoms with Gasteiger partial charge in [-0.05, 0) is 31.2 Å². The largest absolute Gasteiger partial charge is 0.338 e. The molecule has 0 spiro atoms. The molecule has 0 aromatic heterocycles. The maximum absolute atomic E-state index is 11.5. The van der Waals surface area contributed by atoms with Gasteiger partial charge in [-0.3, -0.25) is 4.79 Å². The van der Waals surface area contributed by atoms with Crippen LogP contribution >= 0.6 is 0 Å². The van der Waals surface area contributed by atoms with Crippen molar-refractivity contribution in [2.24, 2.45) is 0 Å². The van der Waals surface area contributed by atoms with Gasteiger partial charge in [0.2, 0.25) is 15.9 Å². The lowest BCUT2D eigenvalue weighted by Gasteiger charge is -2.15. The molecule has 98 valence electrons. The molecule has 1 aliphatic heterocycles. The van der Waals surface area contributed by atoms with Crippen molar-refractivity contribution >= 4 is 15.9 Å². The molecule has 0 saturated carbocycles. The summed E-state index contributed by atoms with van der Waals surface area (Å²) in [6.07, 6.45) is 1.53. The topological polar surface area (TPSA) is 66.5 Å². The molecule has 6 heteroatoms. The molecule has 0 aliphatic carbocycles. The minimum absolute atomic E-state index is 0.168. The van der Waals surface area contributed by atoms with Gasteiger partial charge in [0.15, 0.2) is 0 Å². The molecule has 1 fully saturated rings. The molecule has 0 unspecified atom stereocenters. The van der Waals surface area contributed by atoms with E-state index in [1.54, 1.807) is 29.2 Å². The highest BCUT2D eigenvalue weighted by molar-refractivity contribution is 7.89. The maximum Gasteiger partial charge on any atom is 0.240 e. The SMILES string of the molecule is CNS(=O)(=O)c1ccc(CN2CCCC2=O)cc1. The van der Waals surface area contributed by atoms with Crippen LogP contribution in [0.25, 0.3) is 0 Å². The number of carbonyl (C=O) groups excluding carboxylic acids is 1. The number of nitrogens with one attached hydrogen (secondary N) is 1. The normalized spacial score (nSPS) is 16.3. The summed E-state index contributed by atoms with van der Waals surface area (Å²) in [5.41, 5.74) is 0.945. The third-order valence-corrected chi connectivity index (χ3v) is 4.48. The van der Waals surface area contributed by atoms with Crippen LogP contribution in [0.4, 0.5) is 0 Å². The van der Waals surface area contributed by atoms with E-state index in [-0.39, 0.29) is 10.8 Å². The number of nitrogens with zero attached hydrogens (tertiary/aromatic N) is 1. The number of hydrogen-bond donors (Lipinski definition) is 1. The summed E-state index contributed by atoms with van der Waals surface area (Å²) in [5, 5.41) is 0. The molecular formula is C12H16N2O3S. The van der Waals surface area contributed by atoms with Gasteiger partial charge in [0.25, 0.3) is 0 Å². The van der Waals surface area contributed by atoms with Gasteiger partial charge < -0.3 is 4.90 Å². The molecule has 5 nitrogen and oxygen atoms in total. The lowest BCUT2D eigenvalue weighted by Crippen LogP contribution is -2.24. The molecule has 18 heavy (non-hydrogen) atoms. The zero-order chi connectivity index (χ0) is 13.2. The molecule has 1 amide bonds. The molecule has 1 aromatic rings. The summed E-state index contributed by atoms with van der Waals surface area (Å²) in [5.74, 6) is 0.168. The average molecular weight is 268 g/mol. The summed E-state index contributed by atoms with van der Waals surface area (Å²) in [6, 6.07) is 6.61. The van der Waals surface area contributed by atoms with Gasteiger partial charge in [-0.2, -0.15) is 0 Å². The Morgan fingerprint density at radius 2 is 1.94 bits per heavy atom. The first kappa shape index (κ1) is 13.0. The van der Waals surface area contributed by atoms with Gasteiger partial charge in [0.1, 0.15) is 0 Å². The van der Waals surface area contributed by atoms with E-state index >= 15 is 0 Å². The van der Waals surface area contributed by atoms with Crippen LogP contribution in [0.1, 0.15) is 18.4 Å². The molecule has 0 bridgehead atoms. The Balaban J connectivity index is 2.11. The van der Waals surface area contributed by atoms with Crippen molar-refractivity contribution in [3.8, 4) is 0 Å².